The second-order valence-electron chi connectivity index (χ2n) is 6.10. The molecule has 0 bridgehead atoms. The number of imidazole rings is 1. The molecule has 5 nitrogen and oxygen atoms in total. The Morgan fingerprint density at radius 2 is 1.92 bits per heavy atom. The van der Waals surface area contributed by atoms with Crippen LogP contribution in [0.15, 0.2) is 48.0 Å². The number of rotatable bonds is 5. The average Bonchev–Trinajstić information content (AvgIpc) is 3.19. The van der Waals surface area contributed by atoms with Crippen LogP contribution in [0, 0.1) is 13.8 Å². The number of benzene rings is 1. The highest BCUT2D eigenvalue weighted by Crippen LogP contribution is 2.30. The van der Waals surface area contributed by atoms with E-state index in [-0.39, 0.29) is 0 Å². The molecule has 0 unspecified atom stereocenters. The van der Waals surface area contributed by atoms with Crippen molar-refractivity contribution in [1.82, 2.24) is 14.4 Å². The average molecular weight is 364 g/mol. The van der Waals surface area contributed by atoms with Crippen LogP contribution in [-0.2, 0) is 0 Å². The number of aryl methyl sites for hydroxylation is 2. The molecule has 0 saturated heterocycles. The molecule has 0 saturated carbocycles. The van der Waals surface area contributed by atoms with Crippen molar-refractivity contribution in [2.45, 2.75) is 20.8 Å². The van der Waals surface area contributed by atoms with Crippen LogP contribution < -0.4 is 10.1 Å². The fraction of sp³-hybridized carbons (Fsp3) is 0.200. The molecule has 3 heterocycles. The molecule has 0 aliphatic heterocycles. The highest BCUT2D eigenvalue weighted by Gasteiger charge is 2.14. The highest BCUT2D eigenvalue weighted by molar-refractivity contribution is 7.14. The summed E-state index contributed by atoms with van der Waals surface area (Å²) in [5.41, 5.74) is 6.08. The van der Waals surface area contributed by atoms with Crippen molar-refractivity contribution in [3.05, 3.63) is 59.2 Å². The van der Waals surface area contributed by atoms with E-state index in [1.807, 2.05) is 38.1 Å². The number of aromatic nitrogens is 3. The maximum absolute atomic E-state index is 5.48. The van der Waals surface area contributed by atoms with Crippen LogP contribution in [0.3, 0.4) is 0 Å². The summed E-state index contributed by atoms with van der Waals surface area (Å²) in [6.45, 7) is 6.75. The summed E-state index contributed by atoms with van der Waals surface area (Å²) < 4.78 is 7.57. The van der Waals surface area contributed by atoms with E-state index < -0.39 is 0 Å². The van der Waals surface area contributed by atoms with Gasteiger partial charge in [0.15, 0.2) is 5.13 Å². The van der Waals surface area contributed by atoms with Crippen LogP contribution in [0.4, 0.5) is 10.8 Å². The lowest BCUT2D eigenvalue weighted by atomic mass is 10.2. The number of nitrogens with one attached hydrogen (secondary N) is 1. The molecule has 26 heavy (non-hydrogen) atoms. The molecule has 4 rings (SSSR count). The summed E-state index contributed by atoms with van der Waals surface area (Å²) in [6, 6.07) is 12.1. The normalized spacial score (nSPS) is 11.0. The van der Waals surface area contributed by atoms with Gasteiger partial charge in [-0.2, -0.15) is 0 Å². The van der Waals surface area contributed by atoms with E-state index in [1.54, 1.807) is 11.3 Å². The minimum atomic E-state index is 0.667. The lowest BCUT2D eigenvalue weighted by molar-refractivity contribution is 0.340. The van der Waals surface area contributed by atoms with Crippen molar-refractivity contribution in [1.29, 1.82) is 0 Å². The van der Waals surface area contributed by atoms with Gasteiger partial charge in [0.05, 0.1) is 18.0 Å². The Morgan fingerprint density at radius 1 is 1.12 bits per heavy atom. The predicted octanol–water partition coefficient (Wildman–Crippen LogP) is 5.22. The molecule has 4 aromatic rings. The Morgan fingerprint density at radius 3 is 2.69 bits per heavy atom. The van der Waals surface area contributed by atoms with Gasteiger partial charge in [-0.3, -0.25) is 4.40 Å². The van der Waals surface area contributed by atoms with E-state index in [4.69, 9.17) is 9.72 Å². The van der Waals surface area contributed by atoms with Crippen LogP contribution in [0.5, 0.6) is 5.75 Å². The Kier molecular flexibility index (Phi) is 4.34. The first-order valence-electron chi connectivity index (χ1n) is 8.55. The number of pyridine rings is 1. The number of hydrogen-bond acceptors (Lipinski definition) is 5. The molecule has 132 valence electrons. The van der Waals surface area contributed by atoms with Gasteiger partial charge >= 0.3 is 0 Å². The quantitative estimate of drug-likeness (QED) is 0.528. The maximum Gasteiger partial charge on any atom is 0.187 e. The first-order valence-corrected chi connectivity index (χ1v) is 9.43. The molecule has 0 atom stereocenters. The summed E-state index contributed by atoms with van der Waals surface area (Å²) in [6.07, 6.45) is 2.05. The molecule has 1 aromatic carbocycles. The van der Waals surface area contributed by atoms with Crippen molar-refractivity contribution < 1.29 is 4.74 Å². The summed E-state index contributed by atoms with van der Waals surface area (Å²) in [5, 5.41) is 6.27. The van der Waals surface area contributed by atoms with E-state index in [9.17, 15) is 0 Å². The zero-order valence-electron chi connectivity index (χ0n) is 15.0. The number of ether oxygens (including phenoxy) is 1. The van der Waals surface area contributed by atoms with Crippen molar-refractivity contribution in [2.75, 3.05) is 11.9 Å². The third-order valence-electron chi connectivity index (χ3n) is 4.12. The topological polar surface area (TPSA) is 51.5 Å². The Balaban J connectivity index is 1.61. The molecule has 3 aromatic heterocycles. The van der Waals surface area contributed by atoms with Gasteiger partial charge in [0.25, 0.3) is 0 Å². The molecular formula is C20H20N4OS. The first-order chi connectivity index (χ1) is 12.6. The van der Waals surface area contributed by atoms with Crippen molar-refractivity contribution in [3.8, 4) is 17.1 Å². The van der Waals surface area contributed by atoms with Crippen LogP contribution >= 0.6 is 11.3 Å². The zero-order valence-corrected chi connectivity index (χ0v) is 15.8. The summed E-state index contributed by atoms with van der Waals surface area (Å²) >= 11 is 1.58. The zero-order chi connectivity index (χ0) is 18.1. The Bertz CT molecular complexity index is 1050. The van der Waals surface area contributed by atoms with Crippen LogP contribution in [0.1, 0.15) is 18.2 Å². The van der Waals surface area contributed by atoms with Gasteiger partial charge in [-0.15, -0.1) is 11.3 Å². The molecule has 0 spiro atoms. The molecule has 6 heteroatoms. The van der Waals surface area contributed by atoms with Crippen molar-refractivity contribution in [3.63, 3.8) is 0 Å². The fourth-order valence-corrected chi connectivity index (χ4v) is 3.65. The number of anilines is 2. The Labute approximate surface area is 156 Å². The monoisotopic (exact) mass is 364 g/mol. The van der Waals surface area contributed by atoms with Crippen molar-refractivity contribution >= 4 is 27.8 Å². The van der Waals surface area contributed by atoms with E-state index in [1.165, 1.54) is 5.56 Å². The smallest absolute Gasteiger partial charge is 0.187 e. The second-order valence-corrected chi connectivity index (χ2v) is 6.96. The lowest BCUT2D eigenvalue weighted by Gasteiger charge is -2.05. The van der Waals surface area contributed by atoms with Gasteiger partial charge in [0.2, 0.25) is 0 Å². The molecule has 0 radical (unpaired) electrons. The lowest BCUT2D eigenvalue weighted by Crippen LogP contribution is -1.93. The fourth-order valence-electron chi connectivity index (χ4n) is 2.94. The number of thiazole rings is 1. The van der Waals surface area contributed by atoms with Gasteiger partial charge in [-0.1, -0.05) is 0 Å². The van der Waals surface area contributed by atoms with Gasteiger partial charge in [-0.05, 0) is 62.7 Å². The maximum atomic E-state index is 5.48. The minimum absolute atomic E-state index is 0.667. The Hall–Kier alpha value is -2.86. The van der Waals surface area contributed by atoms with Gasteiger partial charge in [0.1, 0.15) is 17.1 Å². The third kappa shape index (κ3) is 3.15. The third-order valence-corrected chi connectivity index (χ3v) is 4.88. The van der Waals surface area contributed by atoms with Crippen LogP contribution in [0.2, 0.25) is 0 Å². The van der Waals surface area contributed by atoms with Crippen LogP contribution in [0.25, 0.3) is 17.0 Å². The molecule has 0 aliphatic carbocycles. The van der Waals surface area contributed by atoms with Crippen LogP contribution in [-0.4, -0.2) is 21.0 Å². The second kappa shape index (κ2) is 6.80. The van der Waals surface area contributed by atoms with Crippen molar-refractivity contribution in [2.24, 2.45) is 0 Å². The van der Waals surface area contributed by atoms with Gasteiger partial charge in [-0.25, -0.2) is 9.97 Å². The summed E-state index contributed by atoms with van der Waals surface area (Å²) in [5.74, 6) is 0.870. The van der Waals surface area contributed by atoms with E-state index in [0.29, 0.717) is 6.61 Å². The predicted molar refractivity (Wildman–Crippen MR) is 107 cm³/mol. The van der Waals surface area contributed by atoms with E-state index >= 15 is 0 Å². The first kappa shape index (κ1) is 16.6. The molecule has 0 fully saturated rings. The molecule has 1 N–H and O–H groups in total. The molecule has 0 amide bonds. The van der Waals surface area contributed by atoms with Gasteiger partial charge in [0, 0.05) is 17.3 Å². The van der Waals surface area contributed by atoms with E-state index in [2.05, 4.69) is 45.3 Å². The number of hydrogen-bond donors (Lipinski definition) is 1. The summed E-state index contributed by atoms with van der Waals surface area (Å²) in [7, 11) is 0. The SMILES string of the molecule is CCOc1ccc(Nc2nc(-c3c(C)nc4cc(C)ccn34)cs2)cc1. The number of fused-ring (bicyclic) bond motifs is 1. The minimum Gasteiger partial charge on any atom is -0.494 e. The van der Waals surface area contributed by atoms with Gasteiger partial charge < -0.3 is 10.1 Å². The standard InChI is InChI=1S/C20H20N4OS/c1-4-25-16-7-5-15(6-8-16)22-20-23-17(12-26-20)19-14(3)21-18-11-13(2)9-10-24(18)19/h5-12H,4H2,1-3H3,(H,22,23). The summed E-state index contributed by atoms with van der Waals surface area (Å²) in [4.78, 5) is 9.42. The largest absolute Gasteiger partial charge is 0.494 e. The number of nitrogens with zero attached hydrogens (tertiary/aromatic N) is 3. The highest BCUT2D eigenvalue weighted by atomic mass is 32.1. The molecule has 0 aliphatic rings. The van der Waals surface area contributed by atoms with E-state index in [0.717, 1.165) is 39.3 Å². The molecular weight excluding hydrogens is 344 g/mol.